The molecule has 21 heavy (non-hydrogen) atoms. The van der Waals surface area contributed by atoms with Gasteiger partial charge in [-0.15, -0.1) is 0 Å². The van der Waals surface area contributed by atoms with Crippen molar-refractivity contribution in [1.29, 1.82) is 0 Å². The van der Waals surface area contributed by atoms with Gasteiger partial charge in [0.05, 0.1) is 10.7 Å². The first kappa shape index (κ1) is 15.8. The van der Waals surface area contributed by atoms with E-state index in [4.69, 9.17) is 16.3 Å². The average Bonchev–Trinajstić information content (AvgIpc) is 2.44. The molecule has 3 nitrogen and oxygen atoms in total. The normalized spacial score (nSPS) is 10.9. The monoisotopic (exact) mass is 304 g/mol. The van der Waals surface area contributed by atoms with Crippen molar-refractivity contribution in [3.8, 4) is 5.75 Å². The highest BCUT2D eigenvalue weighted by Gasteiger charge is 2.09. The molecule has 0 aliphatic carbocycles. The molecule has 1 heterocycles. The van der Waals surface area contributed by atoms with Crippen LogP contribution in [0.15, 0.2) is 36.4 Å². The Labute approximate surface area is 131 Å². The second-order valence-corrected chi connectivity index (χ2v) is 5.73. The van der Waals surface area contributed by atoms with Gasteiger partial charge in [-0.1, -0.05) is 43.6 Å². The van der Waals surface area contributed by atoms with Crippen LogP contribution >= 0.6 is 11.6 Å². The molecule has 0 saturated heterocycles. The van der Waals surface area contributed by atoms with Gasteiger partial charge >= 0.3 is 0 Å². The maximum atomic E-state index is 6.27. The predicted octanol–water partition coefficient (Wildman–Crippen LogP) is 4.12. The molecule has 1 aromatic heterocycles. The Morgan fingerprint density at radius 3 is 2.67 bits per heavy atom. The van der Waals surface area contributed by atoms with Gasteiger partial charge in [0, 0.05) is 23.8 Å². The summed E-state index contributed by atoms with van der Waals surface area (Å²) in [5.74, 6) is 0.732. The fourth-order valence-electron chi connectivity index (χ4n) is 1.99. The minimum atomic E-state index is 0.412. The second-order valence-electron chi connectivity index (χ2n) is 5.32. The Hall–Kier alpha value is -1.58. The van der Waals surface area contributed by atoms with Crippen LogP contribution in [0.2, 0.25) is 5.02 Å². The van der Waals surface area contributed by atoms with Crippen LogP contribution in [-0.2, 0) is 13.2 Å². The summed E-state index contributed by atoms with van der Waals surface area (Å²) in [6, 6.07) is 12.1. The Bertz CT molecular complexity index is 599. The van der Waals surface area contributed by atoms with Crippen molar-refractivity contribution in [1.82, 2.24) is 10.3 Å². The highest BCUT2D eigenvalue weighted by Crippen LogP contribution is 2.29. The van der Waals surface area contributed by atoms with Crippen LogP contribution in [0.3, 0.4) is 0 Å². The van der Waals surface area contributed by atoms with Gasteiger partial charge in [0.1, 0.15) is 12.4 Å². The van der Waals surface area contributed by atoms with Gasteiger partial charge in [0.2, 0.25) is 0 Å². The number of pyridine rings is 1. The largest absolute Gasteiger partial charge is 0.485 e. The number of hydrogen-bond acceptors (Lipinski definition) is 3. The molecule has 2 aromatic rings. The first-order chi connectivity index (χ1) is 10.1. The Morgan fingerprint density at radius 1 is 1.19 bits per heavy atom. The predicted molar refractivity (Wildman–Crippen MR) is 86.7 cm³/mol. The van der Waals surface area contributed by atoms with Crippen molar-refractivity contribution in [2.24, 2.45) is 0 Å². The fraction of sp³-hybridized carbons (Fsp3) is 0.353. The van der Waals surface area contributed by atoms with Crippen molar-refractivity contribution in [3.05, 3.63) is 58.4 Å². The Balaban J connectivity index is 2.11. The summed E-state index contributed by atoms with van der Waals surface area (Å²) in [5.41, 5.74) is 2.94. The molecule has 0 saturated carbocycles. The summed E-state index contributed by atoms with van der Waals surface area (Å²) in [4.78, 5) is 4.44. The molecule has 0 fully saturated rings. The smallest absolute Gasteiger partial charge is 0.142 e. The molecule has 1 aromatic carbocycles. The third-order valence-electron chi connectivity index (χ3n) is 3.06. The Morgan fingerprint density at radius 2 is 1.95 bits per heavy atom. The first-order valence-corrected chi connectivity index (χ1v) is 7.50. The lowest BCUT2D eigenvalue weighted by Crippen LogP contribution is -2.22. The molecular formula is C17H21ClN2O. The van der Waals surface area contributed by atoms with E-state index in [0.29, 0.717) is 17.7 Å². The molecule has 0 aliphatic heterocycles. The number of hydrogen-bond donors (Lipinski definition) is 1. The van der Waals surface area contributed by atoms with Gasteiger partial charge in [-0.25, -0.2) is 0 Å². The molecule has 0 aliphatic rings. The van der Waals surface area contributed by atoms with Gasteiger partial charge in [-0.05, 0) is 25.1 Å². The highest BCUT2D eigenvalue weighted by atomic mass is 35.5. The summed E-state index contributed by atoms with van der Waals surface area (Å²) in [6.45, 7) is 7.34. The minimum absolute atomic E-state index is 0.412. The summed E-state index contributed by atoms with van der Waals surface area (Å²) in [5, 5.41) is 4.01. The van der Waals surface area contributed by atoms with Gasteiger partial charge in [0.15, 0.2) is 0 Å². The number of ether oxygens (including phenoxy) is 1. The second kappa shape index (κ2) is 7.43. The fourth-order valence-corrected chi connectivity index (χ4v) is 2.24. The maximum Gasteiger partial charge on any atom is 0.142 e. The number of aryl methyl sites for hydroxylation is 1. The zero-order chi connectivity index (χ0) is 15.2. The molecule has 0 unspecified atom stereocenters. The molecule has 1 N–H and O–H groups in total. The van der Waals surface area contributed by atoms with Crippen molar-refractivity contribution < 1.29 is 4.74 Å². The minimum Gasteiger partial charge on any atom is -0.485 e. The molecule has 4 heteroatoms. The third kappa shape index (κ3) is 4.73. The van der Waals surface area contributed by atoms with E-state index in [2.05, 4.69) is 24.1 Å². The molecule has 0 amide bonds. The van der Waals surface area contributed by atoms with Crippen LogP contribution in [0.5, 0.6) is 5.75 Å². The lowest BCUT2D eigenvalue weighted by Gasteiger charge is -2.15. The average molecular weight is 305 g/mol. The maximum absolute atomic E-state index is 6.27. The molecule has 0 bridgehead atoms. The molecule has 2 rings (SSSR count). The number of nitrogens with one attached hydrogen (secondary N) is 1. The van der Waals surface area contributed by atoms with Crippen LogP contribution in [-0.4, -0.2) is 11.0 Å². The van der Waals surface area contributed by atoms with E-state index < -0.39 is 0 Å². The van der Waals surface area contributed by atoms with Gasteiger partial charge < -0.3 is 10.1 Å². The highest BCUT2D eigenvalue weighted by molar-refractivity contribution is 6.32. The van der Waals surface area contributed by atoms with E-state index >= 15 is 0 Å². The van der Waals surface area contributed by atoms with Crippen LogP contribution in [0, 0.1) is 6.92 Å². The third-order valence-corrected chi connectivity index (χ3v) is 3.36. The van der Waals surface area contributed by atoms with Crippen molar-refractivity contribution in [3.63, 3.8) is 0 Å². The molecule has 0 radical (unpaired) electrons. The van der Waals surface area contributed by atoms with E-state index in [1.54, 1.807) is 0 Å². The van der Waals surface area contributed by atoms with Gasteiger partial charge in [0.25, 0.3) is 0 Å². The SMILES string of the molecule is Cc1cccc(COc2c(Cl)cccc2CNC(C)C)n1. The summed E-state index contributed by atoms with van der Waals surface area (Å²) < 4.78 is 5.91. The van der Waals surface area contributed by atoms with Crippen molar-refractivity contribution in [2.75, 3.05) is 0 Å². The number of halogens is 1. The van der Waals surface area contributed by atoms with E-state index in [0.717, 1.165) is 29.2 Å². The topological polar surface area (TPSA) is 34.1 Å². The summed E-state index contributed by atoms with van der Waals surface area (Å²) >= 11 is 6.27. The number of nitrogens with zero attached hydrogens (tertiary/aromatic N) is 1. The number of para-hydroxylation sites is 1. The number of benzene rings is 1. The zero-order valence-corrected chi connectivity index (χ0v) is 13.4. The number of aromatic nitrogens is 1. The Kier molecular flexibility index (Phi) is 5.59. The first-order valence-electron chi connectivity index (χ1n) is 7.12. The van der Waals surface area contributed by atoms with Gasteiger partial charge in [-0.3, -0.25) is 4.98 Å². The number of rotatable bonds is 6. The molecule has 0 spiro atoms. The van der Waals surface area contributed by atoms with Crippen molar-refractivity contribution >= 4 is 11.6 Å². The lowest BCUT2D eigenvalue weighted by molar-refractivity contribution is 0.297. The van der Waals surface area contributed by atoms with E-state index in [-0.39, 0.29) is 0 Å². The quantitative estimate of drug-likeness (QED) is 0.871. The molecular weight excluding hydrogens is 284 g/mol. The standard InChI is InChI=1S/C17H21ClN2O/c1-12(2)19-10-14-7-5-9-16(18)17(14)21-11-15-8-4-6-13(3)20-15/h4-9,12,19H,10-11H2,1-3H3. The van der Waals surface area contributed by atoms with E-state index in [1.807, 2.05) is 43.3 Å². The van der Waals surface area contributed by atoms with Crippen LogP contribution < -0.4 is 10.1 Å². The summed E-state index contributed by atoms with van der Waals surface area (Å²) in [7, 11) is 0. The van der Waals surface area contributed by atoms with E-state index in [1.165, 1.54) is 0 Å². The molecule has 0 atom stereocenters. The van der Waals surface area contributed by atoms with E-state index in [9.17, 15) is 0 Å². The zero-order valence-electron chi connectivity index (χ0n) is 12.7. The molecule has 112 valence electrons. The van der Waals surface area contributed by atoms with Crippen LogP contribution in [0.1, 0.15) is 30.8 Å². The lowest BCUT2D eigenvalue weighted by atomic mass is 10.2. The van der Waals surface area contributed by atoms with Crippen molar-refractivity contribution in [2.45, 2.75) is 40.0 Å². The van der Waals surface area contributed by atoms with Crippen LogP contribution in [0.4, 0.5) is 0 Å². The van der Waals surface area contributed by atoms with Gasteiger partial charge in [-0.2, -0.15) is 0 Å². The summed E-state index contributed by atoms with van der Waals surface area (Å²) in [6.07, 6.45) is 0. The van der Waals surface area contributed by atoms with Crippen LogP contribution in [0.25, 0.3) is 0 Å².